The van der Waals surface area contributed by atoms with Crippen molar-refractivity contribution in [2.75, 3.05) is 0 Å². The molecule has 1 rings (SSSR count). The average Bonchev–Trinajstić information content (AvgIpc) is 2.19. The second-order valence-corrected chi connectivity index (χ2v) is 3.13. The van der Waals surface area contributed by atoms with Gasteiger partial charge in [-0.25, -0.2) is 0 Å². The Labute approximate surface area is 82.8 Å². The molecular weight excluding hydrogens is 180 g/mol. The van der Waals surface area contributed by atoms with Crippen LogP contribution >= 0.6 is 0 Å². The molecule has 0 fully saturated rings. The van der Waals surface area contributed by atoms with E-state index in [9.17, 15) is 4.79 Å². The fourth-order valence-electron chi connectivity index (χ4n) is 1.36. The Kier molecular flexibility index (Phi) is 3.59. The topological polar surface area (TPSA) is 76.2 Å². The van der Waals surface area contributed by atoms with E-state index in [1.807, 2.05) is 6.92 Å². The van der Waals surface area contributed by atoms with E-state index in [4.69, 9.17) is 10.8 Å². The molecule has 0 saturated heterocycles. The van der Waals surface area contributed by atoms with Crippen molar-refractivity contribution in [2.24, 2.45) is 11.7 Å². The molecule has 0 saturated carbocycles. The molecule has 76 valence electrons. The van der Waals surface area contributed by atoms with Gasteiger partial charge < -0.3 is 10.8 Å². The van der Waals surface area contributed by atoms with Gasteiger partial charge in [0.1, 0.15) is 0 Å². The van der Waals surface area contributed by atoms with Crippen LogP contribution in [-0.2, 0) is 4.79 Å². The first-order valence-corrected chi connectivity index (χ1v) is 4.56. The molecule has 0 amide bonds. The molecule has 0 aromatic carbocycles. The van der Waals surface area contributed by atoms with Crippen LogP contribution in [0, 0.1) is 5.92 Å². The molecule has 0 radical (unpaired) electrons. The highest BCUT2D eigenvalue weighted by atomic mass is 16.4. The highest BCUT2D eigenvalue weighted by molar-refractivity contribution is 5.71. The van der Waals surface area contributed by atoms with Crippen molar-refractivity contribution < 1.29 is 9.90 Å². The highest BCUT2D eigenvalue weighted by Crippen LogP contribution is 2.20. The molecule has 14 heavy (non-hydrogen) atoms. The second kappa shape index (κ2) is 4.72. The van der Waals surface area contributed by atoms with Gasteiger partial charge in [-0.15, -0.1) is 0 Å². The van der Waals surface area contributed by atoms with Gasteiger partial charge in [-0.1, -0.05) is 13.0 Å². The van der Waals surface area contributed by atoms with E-state index in [0.29, 0.717) is 12.1 Å². The summed E-state index contributed by atoms with van der Waals surface area (Å²) >= 11 is 0. The predicted molar refractivity (Wildman–Crippen MR) is 52.6 cm³/mol. The Morgan fingerprint density at radius 2 is 2.36 bits per heavy atom. The zero-order chi connectivity index (χ0) is 10.6. The summed E-state index contributed by atoms with van der Waals surface area (Å²) < 4.78 is 0. The maximum Gasteiger partial charge on any atom is 0.308 e. The molecule has 4 heteroatoms. The summed E-state index contributed by atoms with van der Waals surface area (Å²) in [4.78, 5) is 14.9. The van der Waals surface area contributed by atoms with Crippen LogP contribution in [-0.4, -0.2) is 16.1 Å². The minimum absolute atomic E-state index is 0.507. The molecule has 0 aliphatic carbocycles. The van der Waals surface area contributed by atoms with Crippen LogP contribution in [0.15, 0.2) is 24.4 Å². The lowest BCUT2D eigenvalue weighted by Crippen LogP contribution is -2.28. The lowest BCUT2D eigenvalue weighted by Gasteiger charge is -2.17. The Morgan fingerprint density at radius 1 is 1.64 bits per heavy atom. The van der Waals surface area contributed by atoms with Gasteiger partial charge in [0.05, 0.1) is 17.7 Å². The summed E-state index contributed by atoms with van der Waals surface area (Å²) in [6.07, 6.45) is 2.12. The van der Waals surface area contributed by atoms with E-state index in [1.54, 1.807) is 24.4 Å². The first kappa shape index (κ1) is 10.7. The number of hydrogen-bond acceptors (Lipinski definition) is 3. The van der Waals surface area contributed by atoms with Crippen molar-refractivity contribution in [1.82, 2.24) is 4.98 Å². The minimum atomic E-state index is -0.870. The summed E-state index contributed by atoms with van der Waals surface area (Å²) in [5, 5.41) is 8.90. The van der Waals surface area contributed by atoms with E-state index in [0.717, 1.165) is 0 Å². The van der Waals surface area contributed by atoms with Crippen molar-refractivity contribution >= 4 is 5.97 Å². The first-order valence-electron chi connectivity index (χ1n) is 4.56. The molecular formula is C10H14N2O2. The largest absolute Gasteiger partial charge is 0.481 e. The number of rotatable bonds is 4. The van der Waals surface area contributed by atoms with Crippen LogP contribution in [0.3, 0.4) is 0 Å². The molecule has 2 atom stereocenters. The van der Waals surface area contributed by atoms with Crippen molar-refractivity contribution in [2.45, 2.75) is 19.4 Å². The van der Waals surface area contributed by atoms with Crippen LogP contribution in [0.4, 0.5) is 0 Å². The smallest absolute Gasteiger partial charge is 0.308 e. The maximum absolute atomic E-state index is 10.8. The highest BCUT2D eigenvalue weighted by Gasteiger charge is 2.25. The number of aromatic nitrogens is 1. The van der Waals surface area contributed by atoms with Gasteiger partial charge >= 0.3 is 5.97 Å². The molecule has 0 spiro atoms. The maximum atomic E-state index is 10.8. The van der Waals surface area contributed by atoms with E-state index < -0.39 is 17.9 Å². The number of pyridine rings is 1. The fourth-order valence-corrected chi connectivity index (χ4v) is 1.36. The van der Waals surface area contributed by atoms with Crippen molar-refractivity contribution in [3.63, 3.8) is 0 Å². The van der Waals surface area contributed by atoms with E-state index in [1.165, 1.54) is 0 Å². The average molecular weight is 194 g/mol. The summed E-state index contributed by atoms with van der Waals surface area (Å²) in [5.41, 5.74) is 6.43. The van der Waals surface area contributed by atoms with Crippen molar-refractivity contribution in [3.8, 4) is 0 Å². The third kappa shape index (κ3) is 2.29. The minimum Gasteiger partial charge on any atom is -0.481 e. The van der Waals surface area contributed by atoms with Gasteiger partial charge in [-0.05, 0) is 18.6 Å². The molecule has 0 bridgehead atoms. The van der Waals surface area contributed by atoms with Gasteiger partial charge in [0, 0.05) is 6.20 Å². The number of aliphatic carboxylic acids is 1. The SMILES string of the molecule is CC[C@@H](C(=O)O)C(N)c1ccccn1. The van der Waals surface area contributed by atoms with Crippen LogP contribution in [0.5, 0.6) is 0 Å². The normalized spacial score (nSPS) is 14.7. The van der Waals surface area contributed by atoms with Crippen molar-refractivity contribution in [1.29, 1.82) is 0 Å². The van der Waals surface area contributed by atoms with Gasteiger partial charge in [-0.2, -0.15) is 0 Å². The number of nitrogens with zero attached hydrogens (tertiary/aromatic N) is 1. The summed E-state index contributed by atoms with van der Waals surface area (Å²) in [7, 11) is 0. The van der Waals surface area contributed by atoms with Crippen LogP contribution in [0.1, 0.15) is 25.1 Å². The van der Waals surface area contributed by atoms with E-state index in [2.05, 4.69) is 4.98 Å². The van der Waals surface area contributed by atoms with Crippen LogP contribution in [0.2, 0.25) is 0 Å². The van der Waals surface area contributed by atoms with E-state index in [-0.39, 0.29) is 0 Å². The molecule has 3 N–H and O–H groups in total. The molecule has 0 aliphatic heterocycles. The van der Waals surface area contributed by atoms with Gasteiger partial charge in [-0.3, -0.25) is 9.78 Å². The third-order valence-corrected chi connectivity index (χ3v) is 2.22. The monoisotopic (exact) mass is 194 g/mol. The number of carboxylic acids is 1. The van der Waals surface area contributed by atoms with Crippen molar-refractivity contribution in [3.05, 3.63) is 30.1 Å². The molecule has 1 aromatic rings. The summed E-state index contributed by atoms with van der Waals surface area (Å²) in [5.74, 6) is -1.43. The molecule has 4 nitrogen and oxygen atoms in total. The Morgan fingerprint density at radius 3 is 2.79 bits per heavy atom. The molecule has 1 unspecified atom stereocenters. The zero-order valence-corrected chi connectivity index (χ0v) is 8.05. The standard InChI is InChI=1S/C10H14N2O2/c1-2-7(10(13)14)9(11)8-5-3-4-6-12-8/h3-7,9H,2,11H2,1H3,(H,13,14)/t7-,9?/m1/s1. The predicted octanol–water partition coefficient (Wildman–Crippen LogP) is 1.19. The number of carbonyl (C=O) groups is 1. The van der Waals surface area contributed by atoms with E-state index >= 15 is 0 Å². The Bertz CT molecular complexity index is 300. The Hall–Kier alpha value is -1.42. The quantitative estimate of drug-likeness (QED) is 0.754. The van der Waals surface area contributed by atoms with Crippen LogP contribution < -0.4 is 5.73 Å². The summed E-state index contributed by atoms with van der Waals surface area (Å²) in [6, 6.07) is 4.80. The number of hydrogen-bond donors (Lipinski definition) is 2. The lowest BCUT2D eigenvalue weighted by atomic mass is 9.95. The summed E-state index contributed by atoms with van der Waals surface area (Å²) in [6.45, 7) is 1.81. The lowest BCUT2D eigenvalue weighted by molar-refractivity contribution is -0.142. The van der Waals surface area contributed by atoms with Gasteiger partial charge in [0.2, 0.25) is 0 Å². The zero-order valence-electron chi connectivity index (χ0n) is 8.05. The fraction of sp³-hybridized carbons (Fsp3) is 0.400. The molecule has 1 aromatic heterocycles. The van der Waals surface area contributed by atoms with Crippen LogP contribution in [0.25, 0.3) is 0 Å². The van der Waals surface area contributed by atoms with Gasteiger partial charge in [0.15, 0.2) is 0 Å². The Balaban J connectivity index is 2.83. The first-order chi connectivity index (χ1) is 6.66. The molecule has 0 aliphatic rings. The third-order valence-electron chi connectivity index (χ3n) is 2.22. The van der Waals surface area contributed by atoms with Gasteiger partial charge in [0.25, 0.3) is 0 Å². The number of carboxylic acid groups (broad SMARTS) is 1. The number of nitrogens with two attached hydrogens (primary N) is 1. The molecule has 1 heterocycles. The second-order valence-electron chi connectivity index (χ2n) is 3.13.